The first-order valence-corrected chi connectivity index (χ1v) is 7.43. The molecule has 0 aromatic carbocycles. The van der Waals surface area contributed by atoms with E-state index in [0.717, 1.165) is 0 Å². The molecular weight excluding hydrogens is 274 g/mol. The molecule has 6 heteroatoms. The molecule has 1 aliphatic rings. The van der Waals surface area contributed by atoms with Gasteiger partial charge in [0.25, 0.3) is 0 Å². The second-order valence-electron chi connectivity index (χ2n) is 6.66. The second-order valence-corrected chi connectivity index (χ2v) is 6.66. The highest BCUT2D eigenvalue weighted by atomic mass is 16.6. The lowest BCUT2D eigenvalue weighted by Crippen LogP contribution is -2.41. The monoisotopic (exact) mass is 301 g/mol. The van der Waals surface area contributed by atoms with Gasteiger partial charge in [-0.2, -0.15) is 0 Å². The van der Waals surface area contributed by atoms with E-state index in [1.54, 1.807) is 39.5 Å². The first-order valence-electron chi connectivity index (χ1n) is 7.43. The third-order valence-electron chi connectivity index (χ3n) is 3.70. The molecule has 1 fully saturated rings. The molecule has 0 unspecified atom stereocenters. The molecule has 0 aliphatic carbocycles. The van der Waals surface area contributed by atoms with E-state index in [1.165, 1.54) is 0 Å². The van der Waals surface area contributed by atoms with Gasteiger partial charge in [-0.25, -0.2) is 4.79 Å². The molecule has 6 nitrogen and oxygen atoms in total. The minimum Gasteiger partial charge on any atom is -0.465 e. The summed E-state index contributed by atoms with van der Waals surface area (Å²) in [5, 5.41) is 10.3. The highest BCUT2D eigenvalue weighted by Gasteiger charge is 2.44. The third kappa shape index (κ3) is 4.59. The topological polar surface area (TPSA) is 76.1 Å². The number of ether oxygens (including phenoxy) is 2. The number of carbonyl (C=O) groups excluding carboxylic acids is 2. The van der Waals surface area contributed by atoms with Crippen molar-refractivity contribution < 1.29 is 24.2 Å². The van der Waals surface area contributed by atoms with Crippen molar-refractivity contribution in [3.8, 4) is 0 Å². The van der Waals surface area contributed by atoms with Crippen molar-refractivity contribution in [3.63, 3.8) is 0 Å². The molecule has 1 N–H and O–H groups in total. The summed E-state index contributed by atoms with van der Waals surface area (Å²) in [6.07, 6.45) is -0.562. The van der Waals surface area contributed by atoms with Gasteiger partial charge in [0.1, 0.15) is 5.60 Å². The molecule has 122 valence electrons. The highest BCUT2D eigenvalue weighted by molar-refractivity contribution is 5.77. The molecule has 0 aromatic rings. The summed E-state index contributed by atoms with van der Waals surface area (Å²) in [5.41, 5.74) is -1.54. The van der Waals surface area contributed by atoms with Crippen LogP contribution in [0.15, 0.2) is 0 Å². The van der Waals surface area contributed by atoms with Crippen molar-refractivity contribution in [2.75, 3.05) is 19.7 Å². The number of nitrogens with zero attached hydrogens (tertiary/aromatic N) is 1. The van der Waals surface area contributed by atoms with E-state index in [0.29, 0.717) is 25.9 Å². The fourth-order valence-corrected chi connectivity index (χ4v) is 2.29. The first kappa shape index (κ1) is 17.8. The molecule has 1 amide bonds. The van der Waals surface area contributed by atoms with E-state index in [9.17, 15) is 14.7 Å². The Hall–Kier alpha value is -1.30. The number of amides is 1. The van der Waals surface area contributed by atoms with Gasteiger partial charge in [-0.1, -0.05) is 0 Å². The largest absolute Gasteiger partial charge is 0.465 e. The predicted molar refractivity (Wildman–Crippen MR) is 77.8 cm³/mol. The van der Waals surface area contributed by atoms with Crippen molar-refractivity contribution >= 4 is 12.1 Å². The van der Waals surface area contributed by atoms with Crippen LogP contribution in [0.5, 0.6) is 0 Å². The van der Waals surface area contributed by atoms with E-state index in [1.807, 2.05) is 0 Å². The molecule has 0 bridgehead atoms. The standard InChI is InChI=1S/C15H27NO5/c1-6-20-12(18)15(5)8-10-16(9-7-11(15)17)13(19)21-14(2,3)4/h11,17H,6-10H2,1-5H3/t11-,15+/m1/s1. The minimum absolute atomic E-state index is 0.275. The molecule has 0 radical (unpaired) electrons. The van der Waals surface area contributed by atoms with Crippen LogP contribution in [0.3, 0.4) is 0 Å². The number of aliphatic hydroxyl groups excluding tert-OH is 1. The van der Waals surface area contributed by atoms with Crippen LogP contribution in [0.25, 0.3) is 0 Å². The summed E-state index contributed by atoms with van der Waals surface area (Å²) in [6, 6.07) is 0. The van der Waals surface area contributed by atoms with Crippen LogP contribution in [-0.2, 0) is 14.3 Å². The summed E-state index contributed by atoms with van der Waals surface area (Å²) >= 11 is 0. The maximum absolute atomic E-state index is 12.1. The summed E-state index contributed by atoms with van der Waals surface area (Å²) in [6.45, 7) is 9.84. The van der Waals surface area contributed by atoms with Gasteiger partial charge in [-0.05, 0) is 47.5 Å². The Balaban J connectivity index is 2.76. The van der Waals surface area contributed by atoms with E-state index < -0.39 is 29.2 Å². The molecular formula is C15H27NO5. The fourth-order valence-electron chi connectivity index (χ4n) is 2.29. The molecule has 1 saturated heterocycles. The summed E-state index contributed by atoms with van der Waals surface area (Å²) < 4.78 is 10.4. The zero-order valence-corrected chi connectivity index (χ0v) is 13.6. The number of aliphatic hydroxyl groups is 1. The lowest BCUT2D eigenvalue weighted by atomic mass is 9.80. The predicted octanol–water partition coefficient (Wildman–Crippen LogP) is 1.95. The van der Waals surface area contributed by atoms with Crippen molar-refractivity contribution in [2.24, 2.45) is 5.41 Å². The summed E-state index contributed by atoms with van der Waals surface area (Å²) in [7, 11) is 0. The van der Waals surface area contributed by atoms with Gasteiger partial charge >= 0.3 is 12.1 Å². The third-order valence-corrected chi connectivity index (χ3v) is 3.70. The van der Waals surface area contributed by atoms with Gasteiger partial charge < -0.3 is 19.5 Å². The number of esters is 1. The Morgan fingerprint density at radius 1 is 1.33 bits per heavy atom. The molecule has 0 saturated carbocycles. The zero-order valence-electron chi connectivity index (χ0n) is 13.6. The van der Waals surface area contributed by atoms with Crippen LogP contribution in [0, 0.1) is 5.41 Å². The number of rotatable bonds is 2. The Labute approximate surface area is 126 Å². The number of carbonyl (C=O) groups is 2. The molecule has 21 heavy (non-hydrogen) atoms. The van der Waals surface area contributed by atoms with Crippen molar-refractivity contribution in [1.29, 1.82) is 0 Å². The van der Waals surface area contributed by atoms with Crippen LogP contribution < -0.4 is 0 Å². The van der Waals surface area contributed by atoms with Gasteiger partial charge in [0.15, 0.2) is 0 Å². The van der Waals surface area contributed by atoms with Crippen LogP contribution in [0.4, 0.5) is 4.79 Å². The van der Waals surface area contributed by atoms with Gasteiger partial charge in [0, 0.05) is 13.1 Å². The highest BCUT2D eigenvalue weighted by Crippen LogP contribution is 2.33. The van der Waals surface area contributed by atoms with Crippen molar-refractivity contribution in [3.05, 3.63) is 0 Å². The average Bonchev–Trinajstić information content (AvgIpc) is 2.49. The molecule has 2 atom stereocenters. The first-order chi connectivity index (χ1) is 9.60. The van der Waals surface area contributed by atoms with E-state index in [-0.39, 0.29) is 6.61 Å². The maximum atomic E-state index is 12.1. The molecule has 0 aromatic heterocycles. The number of hydrogen-bond acceptors (Lipinski definition) is 5. The molecule has 1 aliphatic heterocycles. The molecule has 1 rings (SSSR count). The maximum Gasteiger partial charge on any atom is 0.410 e. The zero-order chi connectivity index (χ0) is 16.3. The van der Waals surface area contributed by atoms with Gasteiger partial charge in [-0.15, -0.1) is 0 Å². The Bertz CT molecular complexity index is 390. The van der Waals surface area contributed by atoms with Crippen LogP contribution in [0.1, 0.15) is 47.5 Å². The lowest BCUT2D eigenvalue weighted by Gasteiger charge is -2.30. The molecule has 0 spiro atoms. The molecule has 1 heterocycles. The number of likely N-dealkylation sites (tertiary alicyclic amines) is 1. The van der Waals surface area contributed by atoms with Gasteiger partial charge in [-0.3, -0.25) is 4.79 Å². The van der Waals surface area contributed by atoms with Crippen molar-refractivity contribution in [2.45, 2.75) is 59.2 Å². The Morgan fingerprint density at radius 2 is 1.95 bits per heavy atom. The van der Waals surface area contributed by atoms with Gasteiger partial charge in [0.05, 0.1) is 18.1 Å². The minimum atomic E-state index is -0.979. The lowest BCUT2D eigenvalue weighted by molar-refractivity contribution is -0.161. The van der Waals surface area contributed by atoms with Crippen LogP contribution in [0.2, 0.25) is 0 Å². The van der Waals surface area contributed by atoms with E-state index >= 15 is 0 Å². The smallest absolute Gasteiger partial charge is 0.410 e. The van der Waals surface area contributed by atoms with Crippen LogP contribution >= 0.6 is 0 Å². The summed E-state index contributed by atoms with van der Waals surface area (Å²) in [4.78, 5) is 25.7. The average molecular weight is 301 g/mol. The fraction of sp³-hybridized carbons (Fsp3) is 0.867. The Morgan fingerprint density at radius 3 is 2.48 bits per heavy atom. The quantitative estimate of drug-likeness (QED) is 0.789. The Kier molecular flexibility index (Phi) is 5.61. The van der Waals surface area contributed by atoms with Gasteiger partial charge in [0.2, 0.25) is 0 Å². The summed E-state index contributed by atoms with van der Waals surface area (Å²) in [5.74, 6) is -0.413. The SMILES string of the molecule is CCOC(=O)[C@@]1(C)CCN(C(=O)OC(C)(C)C)CC[C@H]1O. The second kappa shape index (κ2) is 6.64. The number of hydrogen-bond donors (Lipinski definition) is 1. The normalized spacial score (nSPS) is 27.0. The van der Waals surface area contributed by atoms with Crippen molar-refractivity contribution in [1.82, 2.24) is 4.90 Å². The van der Waals surface area contributed by atoms with E-state index in [2.05, 4.69) is 0 Å². The van der Waals surface area contributed by atoms with Crippen LogP contribution in [-0.4, -0.2) is 53.5 Å². The van der Waals surface area contributed by atoms with E-state index in [4.69, 9.17) is 9.47 Å².